The fourth-order valence-electron chi connectivity index (χ4n) is 2.29. The lowest BCUT2D eigenvalue weighted by Crippen LogP contribution is -2.78. The molecule has 0 aromatic rings. The molecule has 152 valence electrons. The Hall–Kier alpha value is -0.763. The van der Waals surface area contributed by atoms with Crippen molar-refractivity contribution < 1.29 is 61.5 Å². The zero-order chi connectivity index (χ0) is 20.9. The lowest BCUT2D eigenvalue weighted by molar-refractivity contribution is -0.351. The van der Waals surface area contributed by atoms with Gasteiger partial charge >= 0.3 is 35.3 Å². The maximum Gasteiger partial charge on any atom is 0.459 e. The summed E-state index contributed by atoms with van der Waals surface area (Å²) in [4.78, 5) is 0. The van der Waals surface area contributed by atoms with Crippen LogP contribution < -0.4 is 0 Å². The van der Waals surface area contributed by atoms with Gasteiger partial charge in [-0.3, -0.25) is 0 Å². The first kappa shape index (κ1) is 24.2. The highest BCUT2D eigenvalue weighted by Crippen LogP contribution is 2.61. The molecule has 0 N–H and O–H groups in total. The number of hydrogen-bond donors (Lipinski definition) is 0. The van der Waals surface area contributed by atoms with E-state index in [0.717, 1.165) is 0 Å². The van der Waals surface area contributed by atoms with E-state index >= 15 is 0 Å². The summed E-state index contributed by atoms with van der Waals surface area (Å²) in [5.74, 6) is -14.5. The molecule has 0 heterocycles. The Morgan fingerprint density at radius 3 is 0.800 bits per heavy atom. The van der Waals surface area contributed by atoms with Crippen molar-refractivity contribution in [2.75, 3.05) is 0 Å². The van der Waals surface area contributed by atoms with E-state index in [0.29, 0.717) is 0 Å². The van der Waals surface area contributed by atoms with Crippen LogP contribution in [0.5, 0.6) is 0 Å². The molecule has 0 aromatic carbocycles. The molecule has 0 saturated heterocycles. The Labute approximate surface area is 132 Å². The maximum absolute atomic E-state index is 13.8. The lowest BCUT2D eigenvalue weighted by atomic mass is 10.3. The summed E-state index contributed by atoms with van der Waals surface area (Å²) < 4.78 is 181. The molecule has 0 unspecified atom stereocenters. The van der Waals surface area contributed by atoms with Gasteiger partial charge in [0.15, 0.2) is 0 Å². The third kappa shape index (κ3) is 2.99. The largest absolute Gasteiger partial charge is 0.459 e. The molecular weight excluding hydrogens is 414 g/mol. The van der Waals surface area contributed by atoms with E-state index < -0.39 is 55.5 Å². The van der Waals surface area contributed by atoms with Gasteiger partial charge in [-0.1, -0.05) is 13.8 Å². The minimum absolute atomic E-state index is 0.135. The Morgan fingerprint density at radius 2 is 0.680 bits per heavy atom. The van der Waals surface area contributed by atoms with E-state index in [4.69, 9.17) is 0 Å². The molecule has 0 radical (unpaired) electrons. The van der Waals surface area contributed by atoms with Gasteiger partial charge in [0.05, 0.1) is 0 Å². The Morgan fingerprint density at radius 1 is 0.480 bits per heavy atom. The van der Waals surface area contributed by atoms with Gasteiger partial charge in [0.2, 0.25) is 8.07 Å². The van der Waals surface area contributed by atoms with E-state index in [1.807, 2.05) is 0 Å². The van der Waals surface area contributed by atoms with Crippen LogP contribution in [0.25, 0.3) is 0 Å². The van der Waals surface area contributed by atoms with Gasteiger partial charge in [-0.2, -0.15) is 43.9 Å². The van der Waals surface area contributed by atoms with Gasteiger partial charge in [0, 0.05) is 0 Å². The van der Waals surface area contributed by atoms with Gasteiger partial charge in [-0.15, -0.1) is 0 Å². The van der Waals surface area contributed by atoms with Crippen LogP contribution in [0.1, 0.15) is 13.8 Å². The molecule has 0 saturated carbocycles. The molecule has 0 atom stereocenters. The van der Waals surface area contributed by atoms with Crippen LogP contribution in [0.3, 0.4) is 0 Å². The Bertz CT molecular complexity index is 429. The predicted molar refractivity (Wildman–Crippen MR) is 58.6 cm³/mol. The van der Waals surface area contributed by atoms with Crippen molar-refractivity contribution in [1.82, 2.24) is 0 Å². The van der Waals surface area contributed by atoms with Crippen LogP contribution >= 0.6 is 0 Å². The number of halogens is 14. The highest BCUT2D eigenvalue weighted by Gasteiger charge is 2.90. The first-order valence-corrected chi connectivity index (χ1v) is 8.68. The molecule has 0 rings (SSSR count). The van der Waals surface area contributed by atoms with Gasteiger partial charge in [-0.05, 0) is 12.1 Å². The van der Waals surface area contributed by atoms with Crippen molar-refractivity contribution in [3.8, 4) is 0 Å². The number of hydrogen-bond acceptors (Lipinski definition) is 0. The second kappa shape index (κ2) is 6.15. The first-order chi connectivity index (χ1) is 10.6. The van der Waals surface area contributed by atoms with Gasteiger partial charge in [0.1, 0.15) is 0 Å². The molecule has 0 spiro atoms. The van der Waals surface area contributed by atoms with Crippen molar-refractivity contribution >= 4 is 8.07 Å². The molecule has 0 aliphatic carbocycles. The zero-order valence-corrected chi connectivity index (χ0v) is 13.2. The predicted octanol–water partition coefficient (Wildman–Crippen LogP) is 6.22. The molecule has 0 nitrogen and oxygen atoms in total. The normalized spacial score (nSPS) is 16.3. The monoisotopic (exact) mass is 424 g/mol. The molecule has 0 aromatic heterocycles. The topological polar surface area (TPSA) is 0 Å². The fraction of sp³-hybridized carbons (Fsp3) is 1.00. The lowest BCUT2D eigenvalue weighted by Gasteiger charge is -2.47. The SMILES string of the molecule is CC[Si](CC)(C(F)(F)C(F)(F)C(F)(F)F)C(F)(F)C(F)(F)C(F)(F)F. The van der Waals surface area contributed by atoms with Crippen LogP contribution in [0.15, 0.2) is 0 Å². The first-order valence-electron chi connectivity index (χ1n) is 6.27. The Kier molecular flexibility index (Phi) is 5.96. The van der Waals surface area contributed by atoms with Crippen molar-refractivity contribution in [3.63, 3.8) is 0 Å². The summed E-state index contributed by atoms with van der Waals surface area (Å²) >= 11 is 0. The second-order valence-corrected chi connectivity index (χ2v) is 9.92. The molecule has 25 heavy (non-hydrogen) atoms. The second-order valence-electron chi connectivity index (χ2n) is 5.08. The van der Waals surface area contributed by atoms with Gasteiger partial charge in [-0.25, -0.2) is 17.6 Å². The van der Waals surface area contributed by atoms with E-state index in [1.165, 1.54) is 0 Å². The fourth-order valence-corrected chi connectivity index (χ4v) is 6.45. The minimum atomic E-state index is -7.30. The van der Waals surface area contributed by atoms with E-state index in [1.54, 1.807) is 0 Å². The smallest absolute Gasteiger partial charge is 0.204 e. The average molecular weight is 424 g/mol. The van der Waals surface area contributed by atoms with E-state index in [9.17, 15) is 61.5 Å². The van der Waals surface area contributed by atoms with Gasteiger partial charge in [0.25, 0.3) is 0 Å². The summed E-state index contributed by atoms with van der Waals surface area (Å²) in [6.07, 6.45) is -14.3. The molecule has 0 bridgehead atoms. The third-order valence-electron chi connectivity index (χ3n) is 3.91. The molecule has 0 amide bonds. The molecular formula is C10H10F14Si. The summed E-state index contributed by atoms with van der Waals surface area (Å²) in [6, 6.07) is -4.19. The number of alkyl halides is 14. The highest BCUT2D eigenvalue weighted by atomic mass is 28.3. The van der Waals surface area contributed by atoms with Crippen LogP contribution in [0.2, 0.25) is 12.1 Å². The third-order valence-corrected chi connectivity index (χ3v) is 9.36. The quantitative estimate of drug-likeness (QED) is 0.351. The molecule has 15 heteroatoms. The molecule has 0 fully saturated rings. The minimum Gasteiger partial charge on any atom is -0.204 e. The molecule has 0 aliphatic rings. The summed E-state index contributed by atoms with van der Waals surface area (Å²) in [6.45, 7) is 0.271. The zero-order valence-electron chi connectivity index (χ0n) is 12.2. The van der Waals surface area contributed by atoms with Crippen LogP contribution in [-0.2, 0) is 0 Å². The summed E-state index contributed by atoms with van der Waals surface area (Å²) in [5.41, 5.74) is -13.7. The Balaban J connectivity index is 6.83. The molecule has 0 aliphatic heterocycles. The van der Waals surface area contributed by atoms with Crippen LogP contribution in [0, 0.1) is 0 Å². The average Bonchev–Trinajstić information content (AvgIpc) is 2.36. The summed E-state index contributed by atoms with van der Waals surface area (Å²) in [5, 5.41) is 0. The summed E-state index contributed by atoms with van der Waals surface area (Å²) in [7, 11) is -7.30. The van der Waals surface area contributed by atoms with Crippen LogP contribution in [0.4, 0.5) is 61.5 Å². The number of rotatable bonds is 6. The van der Waals surface area contributed by atoms with Crippen molar-refractivity contribution in [2.24, 2.45) is 0 Å². The van der Waals surface area contributed by atoms with E-state index in [2.05, 4.69) is 0 Å². The van der Waals surface area contributed by atoms with E-state index in [-0.39, 0.29) is 13.8 Å². The van der Waals surface area contributed by atoms with Crippen LogP contribution in [-0.4, -0.2) is 43.4 Å². The van der Waals surface area contributed by atoms with Crippen molar-refractivity contribution in [3.05, 3.63) is 0 Å². The standard InChI is InChI=1S/C10H10F14Si/c1-3-25(4-2,9(21,22)5(11,12)7(15,16)17)10(23,24)6(13,14)8(18,19)20/h3-4H2,1-2H3. The highest BCUT2D eigenvalue weighted by molar-refractivity contribution is 6.84. The maximum atomic E-state index is 13.8. The van der Waals surface area contributed by atoms with Gasteiger partial charge < -0.3 is 0 Å². The van der Waals surface area contributed by atoms with Crippen molar-refractivity contribution in [2.45, 2.75) is 61.2 Å². The van der Waals surface area contributed by atoms with Crippen molar-refractivity contribution in [1.29, 1.82) is 0 Å².